The third kappa shape index (κ3) is 2.21. The van der Waals surface area contributed by atoms with E-state index in [4.69, 9.17) is 0 Å². The van der Waals surface area contributed by atoms with Crippen LogP contribution in [0.3, 0.4) is 0 Å². The lowest BCUT2D eigenvalue weighted by Crippen LogP contribution is -2.43. The topological polar surface area (TPSA) is 71.2 Å². The Bertz CT molecular complexity index is 373. The average Bonchev–Trinajstić information content (AvgIpc) is 2.62. The Morgan fingerprint density at radius 2 is 2.38 bits per heavy atom. The van der Waals surface area contributed by atoms with Gasteiger partial charge >= 0.3 is 0 Å². The normalized spacial score (nSPS) is 17.0. The number of aliphatic hydroxyl groups is 1. The molecule has 0 saturated carbocycles. The Morgan fingerprint density at radius 3 is 2.94 bits per heavy atom. The molecule has 88 valence electrons. The van der Waals surface area contributed by atoms with Crippen LogP contribution in [0.1, 0.15) is 31.6 Å². The summed E-state index contributed by atoms with van der Waals surface area (Å²) >= 11 is 0. The van der Waals surface area contributed by atoms with Crippen molar-refractivity contribution in [3.8, 4) is 0 Å². The molecule has 6 nitrogen and oxygen atoms in total. The van der Waals surface area contributed by atoms with E-state index in [9.17, 15) is 9.90 Å². The lowest BCUT2D eigenvalue weighted by Gasteiger charge is -2.30. The maximum Gasteiger partial charge on any atom is 0.244 e. The highest BCUT2D eigenvalue weighted by Gasteiger charge is 2.21. The molecule has 1 saturated heterocycles. The van der Waals surface area contributed by atoms with Crippen LogP contribution in [0.25, 0.3) is 0 Å². The second-order valence-corrected chi connectivity index (χ2v) is 4.00. The summed E-state index contributed by atoms with van der Waals surface area (Å²) in [5.74, 6) is 0.0636. The lowest BCUT2D eigenvalue weighted by molar-refractivity contribution is -0.135. The van der Waals surface area contributed by atoms with Crippen molar-refractivity contribution >= 4 is 5.91 Å². The average molecular weight is 224 g/mol. The van der Waals surface area contributed by atoms with Crippen molar-refractivity contribution in [2.24, 2.45) is 0 Å². The molecule has 0 aliphatic carbocycles. The van der Waals surface area contributed by atoms with Gasteiger partial charge in [0.15, 0.2) is 0 Å². The second kappa shape index (κ2) is 4.61. The maximum atomic E-state index is 11.6. The van der Waals surface area contributed by atoms with Crippen molar-refractivity contribution in [2.45, 2.75) is 32.4 Å². The predicted octanol–water partition coefficient (Wildman–Crippen LogP) is -0.0462. The van der Waals surface area contributed by atoms with Gasteiger partial charge in [0, 0.05) is 13.1 Å². The first-order chi connectivity index (χ1) is 7.70. The number of hydrogen-bond acceptors (Lipinski definition) is 4. The molecule has 6 heteroatoms. The Kier molecular flexibility index (Phi) is 3.19. The summed E-state index contributed by atoms with van der Waals surface area (Å²) in [5, 5.41) is 17.2. The number of carbonyl (C=O) groups is 1. The van der Waals surface area contributed by atoms with Gasteiger partial charge in [0.25, 0.3) is 0 Å². The van der Waals surface area contributed by atoms with E-state index in [-0.39, 0.29) is 12.5 Å². The van der Waals surface area contributed by atoms with Crippen molar-refractivity contribution in [3.05, 3.63) is 11.9 Å². The van der Waals surface area contributed by atoms with Crippen molar-refractivity contribution in [1.82, 2.24) is 19.9 Å². The predicted molar refractivity (Wildman–Crippen MR) is 56.5 cm³/mol. The van der Waals surface area contributed by atoms with Crippen LogP contribution < -0.4 is 0 Å². The van der Waals surface area contributed by atoms with E-state index in [0.29, 0.717) is 12.1 Å². The third-order valence-corrected chi connectivity index (χ3v) is 2.79. The van der Waals surface area contributed by atoms with E-state index < -0.39 is 6.10 Å². The molecule has 1 fully saturated rings. The van der Waals surface area contributed by atoms with Gasteiger partial charge in [0.2, 0.25) is 5.91 Å². The third-order valence-electron chi connectivity index (χ3n) is 2.79. The van der Waals surface area contributed by atoms with Crippen LogP contribution >= 0.6 is 0 Å². The molecule has 1 aliphatic heterocycles. The van der Waals surface area contributed by atoms with E-state index >= 15 is 0 Å². The minimum absolute atomic E-state index is 0.0636. The van der Waals surface area contributed by atoms with Crippen LogP contribution in [-0.4, -0.2) is 44.0 Å². The number of carbonyl (C=O) groups excluding carboxylic acids is 1. The summed E-state index contributed by atoms with van der Waals surface area (Å²) < 4.78 is 1.48. The Hall–Kier alpha value is -1.43. The Labute approximate surface area is 93.9 Å². The highest BCUT2D eigenvalue weighted by Crippen LogP contribution is 2.12. The van der Waals surface area contributed by atoms with Gasteiger partial charge in [-0.25, -0.2) is 4.68 Å². The zero-order valence-electron chi connectivity index (χ0n) is 9.33. The molecule has 2 heterocycles. The monoisotopic (exact) mass is 224 g/mol. The van der Waals surface area contributed by atoms with Gasteiger partial charge in [-0.05, 0) is 12.8 Å². The van der Waals surface area contributed by atoms with E-state index in [1.807, 2.05) is 6.92 Å². The van der Waals surface area contributed by atoms with Crippen LogP contribution in [0.5, 0.6) is 0 Å². The SMILES string of the molecule is CCC(O)c1cn(CC(=O)N2CCC2)nn1. The zero-order chi connectivity index (χ0) is 11.5. The van der Waals surface area contributed by atoms with Crippen molar-refractivity contribution in [3.63, 3.8) is 0 Å². The quantitative estimate of drug-likeness (QED) is 0.778. The van der Waals surface area contributed by atoms with Gasteiger partial charge in [-0.3, -0.25) is 4.79 Å². The maximum absolute atomic E-state index is 11.6. The largest absolute Gasteiger partial charge is 0.387 e. The highest BCUT2D eigenvalue weighted by molar-refractivity contribution is 5.76. The summed E-state index contributed by atoms with van der Waals surface area (Å²) in [7, 11) is 0. The summed E-state index contributed by atoms with van der Waals surface area (Å²) in [6, 6.07) is 0. The molecule has 0 radical (unpaired) electrons. The molecule has 1 N–H and O–H groups in total. The van der Waals surface area contributed by atoms with Crippen LogP contribution in [-0.2, 0) is 11.3 Å². The van der Waals surface area contributed by atoms with Crippen LogP contribution in [0.4, 0.5) is 0 Å². The molecule has 1 aromatic heterocycles. The minimum Gasteiger partial charge on any atom is -0.387 e. The van der Waals surface area contributed by atoms with E-state index in [0.717, 1.165) is 19.5 Å². The van der Waals surface area contributed by atoms with E-state index in [2.05, 4.69) is 10.3 Å². The van der Waals surface area contributed by atoms with Gasteiger partial charge in [-0.1, -0.05) is 12.1 Å². The number of rotatable bonds is 4. The van der Waals surface area contributed by atoms with Crippen molar-refractivity contribution in [1.29, 1.82) is 0 Å². The van der Waals surface area contributed by atoms with E-state index in [1.54, 1.807) is 11.1 Å². The minimum atomic E-state index is -0.590. The summed E-state index contributed by atoms with van der Waals surface area (Å²) in [4.78, 5) is 13.4. The van der Waals surface area contributed by atoms with Crippen LogP contribution in [0.15, 0.2) is 6.20 Å². The van der Waals surface area contributed by atoms with Gasteiger partial charge in [-0.15, -0.1) is 5.10 Å². The molecular weight excluding hydrogens is 208 g/mol. The molecule has 0 aromatic carbocycles. The number of aromatic nitrogens is 3. The van der Waals surface area contributed by atoms with Crippen LogP contribution in [0, 0.1) is 0 Å². The summed E-state index contributed by atoms with van der Waals surface area (Å²) in [6.07, 6.45) is 2.72. The standard InChI is InChI=1S/C10H16N4O2/c1-2-9(15)8-6-14(12-11-8)7-10(16)13-4-3-5-13/h6,9,15H,2-5,7H2,1H3. The lowest BCUT2D eigenvalue weighted by atomic mass is 10.2. The molecule has 2 rings (SSSR count). The summed E-state index contributed by atoms with van der Waals surface area (Å²) in [6.45, 7) is 3.77. The number of nitrogens with zero attached hydrogens (tertiary/aromatic N) is 4. The van der Waals surface area contributed by atoms with Crippen LogP contribution in [0.2, 0.25) is 0 Å². The Morgan fingerprint density at radius 1 is 1.62 bits per heavy atom. The number of aliphatic hydroxyl groups excluding tert-OH is 1. The number of hydrogen-bond donors (Lipinski definition) is 1. The molecule has 1 aromatic rings. The molecule has 0 bridgehead atoms. The second-order valence-electron chi connectivity index (χ2n) is 4.00. The van der Waals surface area contributed by atoms with Crippen molar-refractivity contribution in [2.75, 3.05) is 13.1 Å². The molecule has 1 unspecified atom stereocenters. The van der Waals surface area contributed by atoms with Gasteiger partial charge < -0.3 is 10.0 Å². The van der Waals surface area contributed by atoms with Crippen molar-refractivity contribution < 1.29 is 9.90 Å². The molecule has 1 atom stereocenters. The van der Waals surface area contributed by atoms with E-state index in [1.165, 1.54) is 4.68 Å². The highest BCUT2D eigenvalue weighted by atomic mass is 16.3. The summed E-state index contributed by atoms with van der Waals surface area (Å²) in [5.41, 5.74) is 0.527. The first kappa shape index (κ1) is 11.1. The number of amides is 1. The fourth-order valence-electron chi connectivity index (χ4n) is 1.56. The fourth-order valence-corrected chi connectivity index (χ4v) is 1.56. The molecule has 1 aliphatic rings. The van der Waals surface area contributed by atoms with Gasteiger partial charge in [0.1, 0.15) is 12.2 Å². The van der Waals surface area contributed by atoms with Gasteiger partial charge in [0.05, 0.1) is 12.3 Å². The first-order valence-corrected chi connectivity index (χ1v) is 5.56. The molecule has 0 spiro atoms. The Balaban J connectivity index is 1.94. The smallest absolute Gasteiger partial charge is 0.244 e. The molecule has 16 heavy (non-hydrogen) atoms. The van der Waals surface area contributed by atoms with Gasteiger partial charge in [-0.2, -0.15) is 0 Å². The first-order valence-electron chi connectivity index (χ1n) is 5.56. The molecule has 1 amide bonds. The zero-order valence-corrected chi connectivity index (χ0v) is 9.33. The number of likely N-dealkylation sites (tertiary alicyclic amines) is 1. The fraction of sp³-hybridized carbons (Fsp3) is 0.700. The molecular formula is C10H16N4O2.